The Balaban J connectivity index is -0.000000200. The summed E-state index contributed by atoms with van der Waals surface area (Å²) in [5.74, 6) is 23.4. The van der Waals surface area contributed by atoms with Gasteiger partial charge in [-0.05, 0) is 148 Å². The summed E-state index contributed by atoms with van der Waals surface area (Å²) in [6.45, 7) is 76.2. The Morgan fingerprint density at radius 2 is 0.358 bits per heavy atom. The summed E-state index contributed by atoms with van der Waals surface area (Å²) in [6.07, 6.45) is 31.4. The van der Waals surface area contributed by atoms with Gasteiger partial charge in [-0.3, -0.25) is 0 Å². The summed E-state index contributed by atoms with van der Waals surface area (Å²) < 4.78 is 47.2. The van der Waals surface area contributed by atoms with Gasteiger partial charge in [-0.2, -0.15) is 0 Å². The molecule has 0 saturated carbocycles. The highest BCUT2D eigenvalue weighted by atomic mass is 16.6. The van der Waals surface area contributed by atoms with Gasteiger partial charge in [-0.25, -0.2) is 38.4 Å². The molecular weight excluding hydrogens is 1520 g/mol. The first-order valence-corrected chi connectivity index (χ1v) is 44.4. The van der Waals surface area contributed by atoms with Crippen LogP contribution in [0.25, 0.3) is 0 Å². The molecule has 0 amide bonds. The molecule has 0 radical (unpaired) electrons. The van der Waals surface area contributed by atoms with Crippen molar-refractivity contribution in [2.24, 2.45) is 0 Å². The largest absolute Gasteiger partial charge is 0.450 e. The minimum absolute atomic E-state index is 0.381. The number of likely N-dealkylation sites (N-methyl/N-ethyl adjacent to an activating group) is 8. The monoisotopic (exact) mass is 1700 g/mol. The van der Waals surface area contributed by atoms with E-state index in [9.17, 15) is 38.4 Å². The number of nitrogens with zero attached hydrogens (tertiary/aromatic N) is 8. The lowest BCUT2D eigenvalue weighted by atomic mass is 10.2. The molecule has 0 fully saturated rings. The van der Waals surface area contributed by atoms with E-state index < -0.39 is 47.8 Å². The number of carbonyl (C=O) groups is 8. The highest BCUT2D eigenvalue weighted by Crippen LogP contribution is 2.15. The van der Waals surface area contributed by atoms with E-state index in [2.05, 4.69) is 177 Å². The highest BCUT2D eigenvalue weighted by molar-refractivity contribution is 5.90. The Hall–Kier alpha value is -8.08. The molecule has 0 heterocycles. The molecule has 0 aromatic heterocycles. The first kappa shape index (κ1) is 128. The number of quaternary nitrogens is 8. The lowest BCUT2D eigenvalue weighted by Gasteiger charge is -2.37. The fourth-order valence-electron chi connectivity index (χ4n) is 12.9. The normalized spacial score (nSPS) is 11.4. The Kier molecular flexibility index (Phi) is 87.0. The molecule has 0 rings (SSSR count). The van der Waals surface area contributed by atoms with E-state index in [-0.39, 0.29) is 0 Å². The molecule has 0 aliphatic rings. The van der Waals surface area contributed by atoms with Crippen molar-refractivity contribution in [2.45, 2.75) is 217 Å². The molecule has 0 bridgehead atoms. The number of ether oxygens (including phenoxy) is 8. The van der Waals surface area contributed by atoms with Crippen LogP contribution in [-0.4, -0.2) is 349 Å². The van der Waals surface area contributed by atoms with E-state index in [0.717, 1.165) is 232 Å². The van der Waals surface area contributed by atoms with E-state index in [4.69, 9.17) is 58.9 Å². The van der Waals surface area contributed by atoms with Crippen LogP contribution in [0.5, 0.6) is 0 Å². The third-order valence-corrected chi connectivity index (χ3v) is 21.0. The second kappa shape index (κ2) is 81.9. The molecule has 24 nitrogen and oxygen atoms in total. The molecule has 0 aromatic rings. The van der Waals surface area contributed by atoms with E-state index in [1.54, 1.807) is 27.7 Å². The standard InChI is InChI=1S/C15H28NO2.2C14H26NO2.C13H24NO2.C12H22NO2.C11H20NO2.C9H16NO2.C8H14NO2/c1-5-9-12-16(8-4,11-7-3)13-14-18-15(17)10-6-2;1-5-9-11-15(8-4,10-6-2)12-13-17-14(16)7-3;1-5-9-14(16)17-13-12-15(8-4,10-6-2)11-7-3;1-5-9-14(8-4,10-6-2)11-12-16-13(15)7-3;1-5-9-12(14)15-11-10-13(6-2,7-3)8-4;1-5-11(13)14-10-9-12(6-2,7-3)8-4;1-5-6-9(11)12-8-7-10(2,3)4;1-5-8(10)11-7-6-9(2,3)4/h5,7-9,11-14H2,1-4H3;3H,5-6,8-13H2,1-2,4H3;6-8,10-13H2,1-4H3;3H,5-6,8-12H2,1-2,4H3;6-8,10-11H2,1-4H3;1H,6-10H2,2-4H3;7-8H2,1-4H3;1H,6-7H2,2-4H3/q8*+1. The third-order valence-electron chi connectivity index (χ3n) is 21.0. The molecule has 0 aliphatic heterocycles. The van der Waals surface area contributed by atoms with Gasteiger partial charge in [0.2, 0.25) is 0 Å². The first-order valence-electron chi connectivity index (χ1n) is 44.4. The van der Waals surface area contributed by atoms with Gasteiger partial charge in [0.25, 0.3) is 0 Å². The Morgan fingerprint density at radius 3 is 0.492 bits per heavy atom. The lowest BCUT2D eigenvalue weighted by molar-refractivity contribution is -0.927. The molecule has 24 heteroatoms. The van der Waals surface area contributed by atoms with Crippen molar-refractivity contribution in [3.63, 3.8) is 0 Å². The average molecular weight is 1700 g/mol. The van der Waals surface area contributed by atoms with Gasteiger partial charge in [0, 0.05) is 47.4 Å². The summed E-state index contributed by atoms with van der Waals surface area (Å²) >= 11 is 0. The average Bonchev–Trinajstić information content (AvgIpc) is 1.07. The van der Waals surface area contributed by atoms with Crippen LogP contribution in [0.4, 0.5) is 0 Å². The van der Waals surface area contributed by atoms with Gasteiger partial charge < -0.3 is 73.8 Å². The summed E-state index contributed by atoms with van der Waals surface area (Å²) in [5.41, 5.74) is 0. The SMILES string of the molecule is C#CC(=O)OCC[N+](C)(C)C.C#CC(=O)OCC[N+](CC)(CC)CC.C#CC(=O)OCC[N+](CC)(CCC)CCC.C#CC(=O)OCC[N+](CC)(CCC)CCCC.CC#CC(=O)OCC[N+](C)(C)C.CC#CC(=O)OCC[N+](CC)(CC)CC.CC#CC(=O)OCC[N+](CC)(CCC)CCC.CC#CC(=O)OCC[N+](CC)(CCC)CCCC. The lowest BCUT2D eigenvalue weighted by Crippen LogP contribution is -2.51. The molecule has 0 spiro atoms. The van der Waals surface area contributed by atoms with Crippen molar-refractivity contribution in [1.29, 1.82) is 0 Å². The van der Waals surface area contributed by atoms with E-state index >= 15 is 0 Å². The maximum absolute atomic E-state index is 11.2. The first-order chi connectivity index (χ1) is 56.7. The number of esters is 8. The Bertz CT molecular complexity index is 3120. The van der Waals surface area contributed by atoms with Crippen molar-refractivity contribution in [2.75, 3.05) is 265 Å². The molecule has 0 aliphatic carbocycles. The van der Waals surface area contributed by atoms with Crippen molar-refractivity contribution >= 4 is 47.8 Å². The number of carbonyl (C=O) groups excluding carboxylic acids is 8. The summed E-state index contributed by atoms with van der Waals surface area (Å²) in [6, 6.07) is 0. The van der Waals surface area contributed by atoms with Crippen molar-refractivity contribution in [1.82, 2.24) is 0 Å². The molecule has 0 N–H and O–H groups in total. The molecule has 120 heavy (non-hydrogen) atoms. The van der Waals surface area contributed by atoms with Crippen LogP contribution in [0.2, 0.25) is 0 Å². The second-order valence-electron chi connectivity index (χ2n) is 31.2. The van der Waals surface area contributed by atoms with Crippen molar-refractivity contribution in [3.8, 4) is 96.7 Å². The predicted molar refractivity (Wildman–Crippen MR) is 489 cm³/mol. The summed E-state index contributed by atoms with van der Waals surface area (Å²) in [4.78, 5) is 86.9. The van der Waals surface area contributed by atoms with Gasteiger partial charge in [-0.1, -0.05) is 91.9 Å². The van der Waals surface area contributed by atoms with Gasteiger partial charge in [-0.15, -0.1) is 25.7 Å². The van der Waals surface area contributed by atoms with Crippen LogP contribution in [0, 0.1) is 96.7 Å². The minimum Gasteiger partial charge on any atom is -0.450 e. The number of hydrogen-bond acceptors (Lipinski definition) is 16. The van der Waals surface area contributed by atoms with E-state index in [1.807, 2.05) is 66.0 Å². The van der Waals surface area contributed by atoms with Gasteiger partial charge in [0.05, 0.1) is 160 Å². The minimum atomic E-state index is -0.585. The quantitative estimate of drug-likeness (QED) is 0.0182. The zero-order chi connectivity index (χ0) is 93.9. The van der Waals surface area contributed by atoms with Crippen LogP contribution >= 0.6 is 0 Å². The number of hydrogen-bond donors (Lipinski definition) is 0. The Morgan fingerprint density at radius 1 is 0.208 bits per heavy atom. The number of rotatable bonds is 52. The second-order valence-corrected chi connectivity index (χ2v) is 31.2. The highest BCUT2D eigenvalue weighted by Gasteiger charge is 2.28. The van der Waals surface area contributed by atoms with Crippen LogP contribution in [0.3, 0.4) is 0 Å². The smallest absolute Gasteiger partial charge is 0.384 e. The van der Waals surface area contributed by atoms with Gasteiger partial charge in [0.15, 0.2) is 0 Å². The number of terminal acetylenes is 4. The third kappa shape index (κ3) is 74.9. The molecule has 2 unspecified atom stereocenters. The van der Waals surface area contributed by atoms with Crippen molar-refractivity contribution in [3.05, 3.63) is 0 Å². The Labute approximate surface area is 734 Å². The molecule has 2 atom stereocenters. The maximum Gasteiger partial charge on any atom is 0.384 e. The van der Waals surface area contributed by atoms with Gasteiger partial charge in [0.1, 0.15) is 105 Å². The van der Waals surface area contributed by atoms with Crippen LogP contribution < -0.4 is 0 Å². The fourth-order valence-corrected chi connectivity index (χ4v) is 12.9. The molecule has 0 aromatic carbocycles. The summed E-state index contributed by atoms with van der Waals surface area (Å²) in [7, 11) is 12.2. The topological polar surface area (TPSA) is 210 Å². The predicted octanol–water partition coefficient (Wildman–Crippen LogP) is 11.4. The molecule has 0 saturated heterocycles. The fraction of sp³-hybridized carbons (Fsp3) is 0.750. The van der Waals surface area contributed by atoms with Crippen LogP contribution in [-0.2, 0) is 76.3 Å². The van der Waals surface area contributed by atoms with Gasteiger partial charge >= 0.3 is 47.8 Å². The van der Waals surface area contributed by atoms with E-state index in [1.165, 1.54) is 38.6 Å². The molecular formula is C96H176N8O16+8. The molecule has 688 valence electrons. The van der Waals surface area contributed by atoms with Crippen LogP contribution in [0.15, 0.2) is 0 Å². The summed E-state index contributed by atoms with van der Waals surface area (Å²) in [5, 5.41) is 0. The van der Waals surface area contributed by atoms with E-state index in [0.29, 0.717) is 52.9 Å². The number of unbranched alkanes of at least 4 members (excludes halogenated alkanes) is 2. The van der Waals surface area contributed by atoms with Crippen LogP contribution in [0.1, 0.15) is 217 Å². The zero-order valence-corrected chi connectivity index (χ0v) is 81.5. The zero-order valence-electron chi connectivity index (χ0n) is 81.5. The van der Waals surface area contributed by atoms with Crippen molar-refractivity contribution < 1.29 is 112 Å². The maximum atomic E-state index is 11.2.